The standard InChI is InChI=1S/C21H15BrN2O5/c22-15-5-3-14(4-6-15)21(28)29-17-8-1-13(2-9-17)12-23-24-20(27)18-10-7-16(25)11-19(18)26/h1-12,25-26H,(H,24,27). The third-order valence-electron chi connectivity index (χ3n) is 3.78. The summed E-state index contributed by atoms with van der Waals surface area (Å²) >= 11 is 3.31. The number of ether oxygens (including phenoxy) is 1. The van der Waals surface area contributed by atoms with Crippen molar-refractivity contribution in [3.8, 4) is 17.2 Å². The first kappa shape index (κ1) is 20.1. The van der Waals surface area contributed by atoms with Crippen molar-refractivity contribution >= 4 is 34.0 Å². The van der Waals surface area contributed by atoms with Crippen LogP contribution < -0.4 is 10.2 Å². The van der Waals surface area contributed by atoms with Gasteiger partial charge in [-0.1, -0.05) is 15.9 Å². The van der Waals surface area contributed by atoms with E-state index in [2.05, 4.69) is 26.5 Å². The van der Waals surface area contributed by atoms with Gasteiger partial charge in [-0.05, 0) is 66.2 Å². The maximum Gasteiger partial charge on any atom is 0.343 e. The van der Waals surface area contributed by atoms with Crippen LogP contribution >= 0.6 is 15.9 Å². The van der Waals surface area contributed by atoms with Crippen LogP contribution in [0.25, 0.3) is 0 Å². The predicted molar refractivity (Wildman–Crippen MR) is 110 cm³/mol. The second-order valence-electron chi connectivity index (χ2n) is 5.87. The molecule has 0 atom stereocenters. The summed E-state index contributed by atoms with van der Waals surface area (Å²) in [5, 5.41) is 22.7. The molecule has 0 saturated carbocycles. The van der Waals surface area contributed by atoms with Crippen molar-refractivity contribution in [1.29, 1.82) is 0 Å². The number of phenols is 2. The van der Waals surface area contributed by atoms with Gasteiger partial charge in [0.25, 0.3) is 5.91 Å². The zero-order valence-electron chi connectivity index (χ0n) is 14.9. The largest absolute Gasteiger partial charge is 0.508 e. The summed E-state index contributed by atoms with van der Waals surface area (Å²) < 4.78 is 6.17. The Morgan fingerprint density at radius 3 is 2.31 bits per heavy atom. The Balaban J connectivity index is 1.57. The van der Waals surface area contributed by atoms with Gasteiger partial charge < -0.3 is 14.9 Å². The molecule has 0 spiro atoms. The van der Waals surface area contributed by atoms with Crippen LogP contribution in [0.1, 0.15) is 26.3 Å². The van der Waals surface area contributed by atoms with Crippen LogP contribution in [-0.2, 0) is 0 Å². The lowest BCUT2D eigenvalue weighted by Crippen LogP contribution is -2.17. The molecule has 0 bridgehead atoms. The highest BCUT2D eigenvalue weighted by molar-refractivity contribution is 9.10. The minimum atomic E-state index is -0.626. The number of rotatable bonds is 5. The molecular formula is C21H15BrN2O5. The van der Waals surface area contributed by atoms with E-state index in [0.717, 1.165) is 10.5 Å². The number of nitrogens with one attached hydrogen (secondary N) is 1. The van der Waals surface area contributed by atoms with Crippen LogP contribution in [0.2, 0.25) is 0 Å². The van der Waals surface area contributed by atoms with Crippen LogP contribution in [0, 0.1) is 0 Å². The molecule has 29 heavy (non-hydrogen) atoms. The molecule has 0 aliphatic carbocycles. The topological polar surface area (TPSA) is 108 Å². The summed E-state index contributed by atoms with van der Waals surface area (Å²) in [7, 11) is 0. The average molecular weight is 455 g/mol. The van der Waals surface area contributed by atoms with E-state index >= 15 is 0 Å². The van der Waals surface area contributed by atoms with E-state index in [1.807, 2.05) is 0 Å². The van der Waals surface area contributed by atoms with Gasteiger partial charge in [0.1, 0.15) is 17.2 Å². The molecule has 146 valence electrons. The Morgan fingerprint density at radius 1 is 0.966 bits per heavy atom. The van der Waals surface area contributed by atoms with E-state index in [1.165, 1.54) is 18.3 Å². The molecule has 0 unspecified atom stereocenters. The molecule has 0 fully saturated rings. The molecule has 0 aliphatic heterocycles. The summed E-state index contributed by atoms with van der Waals surface area (Å²) in [5.41, 5.74) is 3.35. The molecule has 7 nitrogen and oxygen atoms in total. The second kappa shape index (κ2) is 9.03. The maximum absolute atomic E-state index is 12.1. The number of carbonyl (C=O) groups is 2. The molecule has 8 heteroatoms. The molecule has 0 radical (unpaired) electrons. The van der Waals surface area contributed by atoms with E-state index in [4.69, 9.17) is 4.74 Å². The smallest absolute Gasteiger partial charge is 0.343 e. The van der Waals surface area contributed by atoms with Crippen molar-refractivity contribution in [1.82, 2.24) is 5.43 Å². The summed E-state index contributed by atoms with van der Waals surface area (Å²) in [4.78, 5) is 24.1. The number of halogens is 1. The number of carbonyl (C=O) groups excluding carboxylic acids is 2. The van der Waals surface area contributed by atoms with Crippen molar-refractivity contribution in [2.24, 2.45) is 5.10 Å². The Labute approximate surface area is 174 Å². The number of nitrogens with zero attached hydrogens (tertiary/aromatic N) is 1. The second-order valence-corrected chi connectivity index (χ2v) is 6.78. The number of benzene rings is 3. The summed E-state index contributed by atoms with van der Waals surface area (Å²) in [6, 6.07) is 17.0. The Morgan fingerprint density at radius 2 is 1.66 bits per heavy atom. The Hall–Kier alpha value is -3.65. The highest BCUT2D eigenvalue weighted by atomic mass is 79.9. The molecule has 0 saturated heterocycles. The first-order valence-corrected chi connectivity index (χ1v) is 9.15. The fourth-order valence-electron chi connectivity index (χ4n) is 2.31. The van der Waals surface area contributed by atoms with E-state index in [9.17, 15) is 19.8 Å². The first-order valence-electron chi connectivity index (χ1n) is 8.35. The van der Waals surface area contributed by atoms with E-state index in [0.29, 0.717) is 16.9 Å². The van der Waals surface area contributed by atoms with Crippen molar-refractivity contribution < 1.29 is 24.5 Å². The van der Waals surface area contributed by atoms with E-state index in [1.54, 1.807) is 48.5 Å². The van der Waals surface area contributed by atoms with Gasteiger partial charge in [-0.25, -0.2) is 10.2 Å². The molecule has 3 aromatic carbocycles. The number of hydrazone groups is 1. The van der Waals surface area contributed by atoms with Crippen LogP contribution in [0.15, 0.2) is 76.3 Å². The number of aromatic hydroxyl groups is 2. The van der Waals surface area contributed by atoms with Gasteiger partial charge in [-0.15, -0.1) is 0 Å². The maximum atomic E-state index is 12.1. The summed E-state index contributed by atoms with van der Waals surface area (Å²) in [5.74, 6) is -1.23. The van der Waals surface area contributed by atoms with Crippen molar-refractivity contribution in [3.05, 3.63) is 87.9 Å². The lowest BCUT2D eigenvalue weighted by Gasteiger charge is -2.05. The van der Waals surface area contributed by atoms with Gasteiger partial charge in [0, 0.05) is 10.5 Å². The Kier molecular flexibility index (Phi) is 6.25. The van der Waals surface area contributed by atoms with Crippen LogP contribution in [-0.4, -0.2) is 28.3 Å². The highest BCUT2D eigenvalue weighted by Crippen LogP contribution is 2.22. The van der Waals surface area contributed by atoms with Gasteiger partial charge in [0.15, 0.2) is 0 Å². The number of phenolic OH excluding ortho intramolecular Hbond substituents is 2. The number of hydrogen-bond donors (Lipinski definition) is 3. The van der Waals surface area contributed by atoms with Gasteiger partial charge in [0.05, 0.1) is 17.3 Å². The van der Waals surface area contributed by atoms with Crippen molar-refractivity contribution in [3.63, 3.8) is 0 Å². The Bertz CT molecular complexity index is 1060. The predicted octanol–water partition coefficient (Wildman–Crippen LogP) is 3.84. The van der Waals surface area contributed by atoms with E-state index < -0.39 is 11.9 Å². The normalized spacial score (nSPS) is 10.7. The molecule has 0 heterocycles. The van der Waals surface area contributed by atoms with Gasteiger partial charge in [-0.2, -0.15) is 5.10 Å². The number of hydrogen-bond acceptors (Lipinski definition) is 6. The molecule has 3 N–H and O–H groups in total. The average Bonchev–Trinajstić information content (AvgIpc) is 2.69. The minimum Gasteiger partial charge on any atom is -0.508 e. The molecule has 0 aromatic heterocycles. The summed E-state index contributed by atoms with van der Waals surface area (Å²) in [6.45, 7) is 0. The zero-order valence-corrected chi connectivity index (χ0v) is 16.5. The van der Waals surface area contributed by atoms with Crippen LogP contribution in [0.4, 0.5) is 0 Å². The number of amides is 1. The number of esters is 1. The fraction of sp³-hybridized carbons (Fsp3) is 0. The third-order valence-corrected chi connectivity index (χ3v) is 4.30. The highest BCUT2D eigenvalue weighted by Gasteiger charge is 2.11. The van der Waals surface area contributed by atoms with Crippen LogP contribution in [0.5, 0.6) is 17.2 Å². The SMILES string of the molecule is O=C(Oc1ccc(C=NNC(=O)c2ccc(O)cc2O)cc1)c1ccc(Br)cc1. The van der Waals surface area contributed by atoms with Crippen LogP contribution in [0.3, 0.4) is 0 Å². The van der Waals surface area contributed by atoms with Gasteiger partial charge in [0.2, 0.25) is 0 Å². The minimum absolute atomic E-state index is 0.0184. The third kappa shape index (κ3) is 5.43. The summed E-state index contributed by atoms with van der Waals surface area (Å²) in [6.07, 6.45) is 1.40. The first-order chi connectivity index (χ1) is 13.9. The van der Waals surface area contributed by atoms with E-state index in [-0.39, 0.29) is 17.1 Å². The monoisotopic (exact) mass is 454 g/mol. The van der Waals surface area contributed by atoms with Gasteiger partial charge in [-0.3, -0.25) is 4.79 Å². The quantitative estimate of drug-likeness (QED) is 0.235. The molecular weight excluding hydrogens is 440 g/mol. The fourth-order valence-corrected chi connectivity index (χ4v) is 2.58. The van der Waals surface area contributed by atoms with Gasteiger partial charge >= 0.3 is 5.97 Å². The molecule has 0 aliphatic rings. The molecule has 3 rings (SSSR count). The lowest BCUT2D eigenvalue weighted by molar-refractivity contribution is 0.0734. The van der Waals surface area contributed by atoms with Crippen molar-refractivity contribution in [2.45, 2.75) is 0 Å². The zero-order chi connectivity index (χ0) is 20.8. The van der Waals surface area contributed by atoms with Crippen molar-refractivity contribution in [2.75, 3.05) is 0 Å². The lowest BCUT2D eigenvalue weighted by atomic mass is 10.2. The molecule has 3 aromatic rings. The molecule has 1 amide bonds.